The molecule has 0 bridgehead atoms. The van der Waals surface area contributed by atoms with Gasteiger partial charge < -0.3 is 9.84 Å². The van der Waals surface area contributed by atoms with Crippen molar-refractivity contribution in [3.63, 3.8) is 0 Å². The van der Waals surface area contributed by atoms with E-state index in [-0.39, 0.29) is 0 Å². The minimum Gasteiger partial charge on any atom is -0.493 e. The summed E-state index contributed by atoms with van der Waals surface area (Å²) in [5.74, 6) is 2.60. The zero-order chi connectivity index (χ0) is 10.4. The van der Waals surface area contributed by atoms with E-state index in [0.717, 1.165) is 41.4 Å². The number of aliphatic hydroxyl groups is 1. The van der Waals surface area contributed by atoms with Crippen LogP contribution >= 0.6 is 23.4 Å². The third kappa shape index (κ3) is 1.45. The summed E-state index contributed by atoms with van der Waals surface area (Å²) in [6.07, 6.45) is 0.490. The van der Waals surface area contributed by atoms with E-state index in [0.29, 0.717) is 5.02 Å². The number of ether oxygens (including phenoxy) is 1. The minimum atomic E-state index is -0.444. The third-order valence-electron chi connectivity index (χ3n) is 2.92. The standard InChI is InChI=1S/C11H11ClO2S/c12-8-3-6-1-2-14-11(6)7-4-15-5-9(13)10(7)8/h3,9,13H,1-2,4-5H2. The largest absolute Gasteiger partial charge is 0.493 e. The maximum atomic E-state index is 9.91. The molecule has 3 rings (SSSR count). The van der Waals surface area contributed by atoms with Crippen LogP contribution in [-0.4, -0.2) is 17.5 Å². The van der Waals surface area contributed by atoms with Gasteiger partial charge in [-0.15, -0.1) is 0 Å². The van der Waals surface area contributed by atoms with E-state index in [1.54, 1.807) is 11.8 Å². The molecule has 2 nitrogen and oxygen atoms in total. The molecule has 2 aliphatic rings. The van der Waals surface area contributed by atoms with Gasteiger partial charge in [0, 0.05) is 34.1 Å². The second kappa shape index (κ2) is 3.58. The van der Waals surface area contributed by atoms with Crippen molar-refractivity contribution in [2.45, 2.75) is 18.3 Å². The fraction of sp³-hybridized carbons (Fsp3) is 0.455. The second-order valence-corrected chi connectivity index (χ2v) is 5.31. The Labute approximate surface area is 97.6 Å². The van der Waals surface area contributed by atoms with Crippen LogP contribution in [0.4, 0.5) is 0 Å². The molecule has 0 saturated carbocycles. The Morgan fingerprint density at radius 2 is 2.40 bits per heavy atom. The quantitative estimate of drug-likeness (QED) is 0.758. The summed E-state index contributed by atoms with van der Waals surface area (Å²) in [7, 11) is 0. The number of hydrogen-bond acceptors (Lipinski definition) is 3. The van der Waals surface area contributed by atoms with Gasteiger partial charge in [-0.1, -0.05) is 11.6 Å². The monoisotopic (exact) mass is 242 g/mol. The highest BCUT2D eigenvalue weighted by Crippen LogP contribution is 2.44. The van der Waals surface area contributed by atoms with Gasteiger partial charge in [-0.3, -0.25) is 0 Å². The first-order valence-electron chi connectivity index (χ1n) is 5.00. The van der Waals surface area contributed by atoms with Crippen molar-refractivity contribution in [2.24, 2.45) is 0 Å². The molecule has 80 valence electrons. The van der Waals surface area contributed by atoms with Gasteiger partial charge in [0.05, 0.1) is 12.7 Å². The Kier molecular flexibility index (Phi) is 2.34. The zero-order valence-corrected chi connectivity index (χ0v) is 9.70. The lowest BCUT2D eigenvalue weighted by Gasteiger charge is -2.24. The zero-order valence-electron chi connectivity index (χ0n) is 8.12. The number of thioether (sulfide) groups is 1. The summed E-state index contributed by atoms with van der Waals surface area (Å²) in [5.41, 5.74) is 3.18. The predicted molar refractivity (Wildman–Crippen MR) is 61.8 cm³/mol. The molecule has 1 atom stereocenters. The minimum absolute atomic E-state index is 0.444. The van der Waals surface area contributed by atoms with Crippen LogP contribution < -0.4 is 4.74 Å². The van der Waals surface area contributed by atoms with Gasteiger partial charge in [0.25, 0.3) is 0 Å². The molecule has 0 amide bonds. The molecule has 2 aliphatic heterocycles. The Balaban J connectivity index is 2.24. The molecule has 1 aromatic rings. The van der Waals surface area contributed by atoms with Crippen molar-refractivity contribution in [1.29, 1.82) is 0 Å². The van der Waals surface area contributed by atoms with E-state index in [4.69, 9.17) is 16.3 Å². The number of hydrogen-bond donors (Lipinski definition) is 1. The van der Waals surface area contributed by atoms with Gasteiger partial charge in [-0.2, -0.15) is 11.8 Å². The smallest absolute Gasteiger partial charge is 0.127 e. The molecular formula is C11H11ClO2S. The maximum absolute atomic E-state index is 9.91. The highest BCUT2D eigenvalue weighted by Gasteiger charge is 2.28. The Morgan fingerprint density at radius 3 is 3.27 bits per heavy atom. The maximum Gasteiger partial charge on any atom is 0.127 e. The van der Waals surface area contributed by atoms with Crippen LogP contribution in [0.1, 0.15) is 22.8 Å². The highest BCUT2D eigenvalue weighted by atomic mass is 35.5. The molecular weight excluding hydrogens is 232 g/mol. The van der Waals surface area contributed by atoms with E-state index < -0.39 is 6.10 Å². The van der Waals surface area contributed by atoms with Crippen molar-refractivity contribution in [2.75, 3.05) is 12.4 Å². The predicted octanol–water partition coefficient (Wildman–Crippen LogP) is 2.56. The molecule has 0 aromatic heterocycles. The van der Waals surface area contributed by atoms with Crippen LogP contribution in [0.15, 0.2) is 6.07 Å². The van der Waals surface area contributed by atoms with Gasteiger partial charge in [0.1, 0.15) is 5.75 Å². The molecule has 0 fully saturated rings. The van der Waals surface area contributed by atoms with E-state index >= 15 is 0 Å². The summed E-state index contributed by atoms with van der Waals surface area (Å²) in [6, 6.07) is 1.95. The van der Waals surface area contributed by atoms with E-state index in [2.05, 4.69) is 0 Å². The second-order valence-electron chi connectivity index (χ2n) is 3.87. The Bertz CT molecular complexity index is 420. The SMILES string of the molecule is OC1CSCc2c3c(cc(Cl)c21)CCO3. The first-order valence-corrected chi connectivity index (χ1v) is 6.53. The lowest BCUT2D eigenvalue weighted by molar-refractivity contribution is 0.201. The summed E-state index contributed by atoms with van der Waals surface area (Å²) >= 11 is 7.93. The van der Waals surface area contributed by atoms with E-state index in [1.165, 1.54) is 5.56 Å². The van der Waals surface area contributed by atoms with Gasteiger partial charge in [-0.25, -0.2) is 0 Å². The fourth-order valence-corrected chi connectivity index (χ4v) is 3.61. The number of benzene rings is 1. The molecule has 1 unspecified atom stereocenters. The summed E-state index contributed by atoms with van der Waals surface area (Å²) in [5, 5.41) is 10.6. The number of fused-ring (bicyclic) bond motifs is 3. The van der Waals surface area contributed by atoms with Crippen molar-refractivity contribution in [1.82, 2.24) is 0 Å². The molecule has 1 N–H and O–H groups in total. The van der Waals surface area contributed by atoms with Crippen molar-refractivity contribution in [3.8, 4) is 5.75 Å². The molecule has 1 aromatic carbocycles. The Morgan fingerprint density at radius 1 is 1.53 bits per heavy atom. The van der Waals surface area contributed by atoms with Gasteiger partial charge in [-0.05, 0) is 11.6 Å². The van der Waals surface area contributed by atoms with Crippen LogP contribution in [0.5, 0.6) is 5.75 Å². The molecule has 0 saturated heterocycles. The van der Waals surface area contributed by atoms with Crippen molar-refractivity contribution >= 4 is 23.4 Å². The van der Waals surface area contributed by atoms with Crippen LogP contribution in [0, 0.1) is 0 Å². The summed E-state index contributed by atoms with van der Waals surface area (Å²) in [4.78, 5) is 0. The number of halogens is 1. The molecule has 0 spiro atoms. The summed E-state index contributed by atoms with van der Waals surface area (Å²) in [6.45, 7) is 0.739. The van der Waals surface area contributed by atoms with Gasteiger partial charge in [0.15, 0.2) is 0 Å². The average Bonchev–Trinajstić information content (AvgIpc) is 2.65. The normalized spacial score (nSPS) is 23.2. The molecule has 0 aliphatic carbocycles. The molecule has 0 radical (unpaired) electrons. The van der Waals surface area contributed by atoms with Crippen molar-refractivity contribution in [3.05, 3.63) is 27.8 Å². The number of aliphatic hydroxyl groups excluding tert-OH is 1. The third-order valence-corrected chi connectivity index (χ3v) is 4.28. The van der Waals surface area contributed by atoms with Crippen LogP contribution in [0.2, 0.25) is 5.02 Å². The van der Waals surface area contributed by atoms with Crippen LogP contribution in [0.3, 0.4) is 0 Å². The lowest BCUT2D eigenvalue weighted by atomic mass is 9.99. The lowest BCUT2D eigenvalue weighted by Crippen LogP contribution is -2.11. The first kappa shape index (κ1) is 9.82. The van der Waals surface area contributed by atoms with E-state index in [9.17, 15) is 5.11 Å². The van der Waals surface area contributed by atoms with Crippen molar-refractivity contribution < 1.29 is 9.84 Å². The van der Waals surface area contributed by atoms with Crippen LogP contribution in [-0.2, 0) is 12.2 Å². The molecule has 2 heterocycles. The van der Waals surface area contributed by atoms with Gasteiger partial charge in [0.2, 0.25) is 0 Å². The Hall–Kier alpha value is -0.380. The molecule has 15 heavy (non-hydrogen) atoms. The molecule has 4 heteroatoms. The summed E-state index contributed by atoms with van der Waals surface area (Å²) < 4.78 is 5.62. The first-order chi connectivity index (χ1) is 7.27. The van der Waals surface area contributed by atoms with Crippen LogP contribution in [0.25, 0.3) is 0 Å². The highest BCUT2D eigenvalue weighted by molar-refractivity contribution is 7.98. The fourth-order valence-electron chi connectivity index (χ4n) is 2.24. The number of rotatable bonds is 0. The van der Waals surface area contributed by atoms with Gasteiger partial charge >= 0.3 is 0 Å². The average molecular weight is 243 g/mol. The van der Waals surface area contributed by atoms with E-state index in [1.807, 2.05) is 6.07 Å². The topological polar surface area (TPSA) is 29.5 Å².